The van der Waals surface area contributed by atoms with Crippen LogP contribution in [0, 0.1) is 0 Å². The maximum absolute atomic E-state index is 11.2. The third-order valence-electron chi connectivity index (χ3n) is 3.96. The van der Waals surface area contributed by atoms with Crippen LogP contribution in [0.3, 0.4) is 0 Å². The molecule has 0 spiro atoms. The van der Waals surface area contributed by atoms with Crippen LogP contribution in [-0.4, -0.2) is 45.5 Å². The summed E-state index contributed by atoms with van der Waals surface area (Å²) in [6, 6.07) is 12.5. The lowest BCUT2D eigenvalue weighted by atomic mass is 10.1. The molecule has 0 unspecified atom stereocenters. The minimum Gasteiger partial charge on any atom is -0.481 e. The molecule has 0 saturated heterocycles. The van der Waals surface area contributed by atoms with Gasteiger partial charge in [0.25, 0.3) is 0 Å². The average Bonchev–Trinajstić information content (AvgIpc) is 2.81. The van der Waals surface area contributed by atoms with Crippen molar-refractivity contribution in [1.82, 2.24) is 0 Å². The summed E-state index contributed by atoms with van der Waals surface area (Å²) >= 11 is 0. The van der Waals surface area contributed by atoms with Crippen LogP contribution in [0.1, 0.15) is 37.8 Å². The van der Waals surface area contributed by atoms with Gasteiger partial charge in [-0.3, -0.25) is 19.4 Å². The van der Waals surface area contributed by atoms with Crippen LogP contribution in [0.4, 0.5) is 0 Å². The number of carboxylic acids is 2. The number of oxime groups is 2. The molecule has 13 heteroatoms. The van der Waals surface area contributed by atoms with E-state index in [1.807, 2.05) is 0 Å². The Bertz CT molecular complexity index is 1030. The minimum atomic E-state index is -1.32. The van der Waals surface area contributed by atoms with E-state index in [0.29, 0.717) is 22.6 Å². The number of hydrogen-bond donors (Lipinski definition) is 2. The number of hydrogen-bond acceptors (Lipinski definition) is 11. The predicted octanol–water partition coefficient (Wildman–Crippen LogP) is 2.47. The van der Waals surface area contributed by atoms with Crippen molar-refractivity contribution >= 4 is 35.3 Å². The first-order valence-electron chi connectivity index (χ1n) is 9.78. The first kappa shape index (κ1) is 26.5. The van der Waals surface area contributed by atoms with E-state index in [-0.39, 0.29) is 11.5 Å². The molecule has 13 nitrogen and oxygen atoms in total. The summed E-state index contributed by atoms with van der Waals surface area (Å²) < 4.78 is 0. The lowest BCUT2D eigenvalue weighted by Crippen LogP contribution is -2.09. The summed E-state index contributed by atoms with van der Waals surface area (Å²) in [4.78, 5) is 62.4. The topological polar surface area (TPSA) is 180 Å². The first-order chi connectivity index (χ1) is 16.6. The van der Waals surface area contributed by atoms with Crippen LogP contribution in [0.2, 0.25) is 0 Å². The Morgan fingerprint density at radius 2 is 1.00 bits per heavy atom. The second-order valence-corrected chi connectivity index (χ2v) is 6.70. The zero-order valence-corrected chi connectivity index (χ0v) is 18.5. The van der Waals surface area contributed by atoms with Crippen LogP contribution in [-0.2, 0) is 33.9 Å². The Kier molecular flexibility index (Phi) is 9.87. The average molecular weight is 488 g/mol. The highest BCUT2D eigenvalue weighted by Crippen LogP contribution is 2.16. The molecule has 0 aliphatic rings. The molecule has 0 amide bonds. The molecule has 2 rings (SSSR count). The molecule has 2 aromatic rings. The van der Waals surface area contributed by atoms with Crippen LogP contribution in [0.25, 0.3) is 0 Å². The van der Waals surface area contributed by atoms with Crippen LogP contribution in [0.5, 0.6) is 11.5 Å². The fraction of sp³-hybridized carbons (Fsp3) is 0.182. The molecule has 0 radical (unpaired) electrons. The van der Waals surface area contributed by atoms with Crippen LogP contribution in [0.15, 0.2) is 58.8 Å². The van der Waals surface area contributed by atoms with E-state index in [0.717, 1.165) is 0 Å². The molecule has 0 aliphatic heterocycles. The predicted molar refractivity (Wildman–Crippen MR) is 116 cm³/mol. The molecule has 35 heavy (non-hydrogen) atoms. The summed E-state index contributed by atoms with van der Waals surface area (Å²) in [6.07, 6.45) is -1.58. The maximum atomic E-state index is 11.2. The van der Waals surface area contributed by atoms with Gasteiger partial charge in [0.05, 0.1) is 11.4 Å². The minimum absolute atomic E-state index is 0.284. The number of nitrogens with zero attached hydrogens (tertiary/aromatic N) is 2. The van der Waals surface area contributed by atoms with Crippen molar-refractivity contribution in [3.05, 3.63) is 59.7 Å². The van der Waals surface area contributed by atoms with Crippen molar-refractivity contribution in [3.63, 3.8) is 0 Å². The van der Waals surface area contributed by atoms with Crippen molar-refractivity contribution in [2.75, 3.05) is 0 Å². The largest absolute Gasteiger partial charge is 0.481 e. The lowest BCUT2D eigenvalue weighted by Gasteiger charge is -2.06. The highest BCUT2D eigenvalue weighted by molar-refractivity contribution is 5.99. The zero-order valence-electron chi connectivity index (χ0n) is 18.5. The molecule has 0 saturated carbocycles. The molecule has 0 aliphatic carbocycles. The highest BCUT2D eigenvalue weighted by Gasteiger charge is 2.10. The highest BCUT2D eigenvalue weighted by atomic mass is 17.5. The number of carbonyl (C=O) groups excluding carboxylic acids is 2. The third-order valence-corrected chi connectivity index (χ3v) is 3.96. The van der Waals surface area contributed by atoms with E-state index in [2.05, 4.69) is 20.0 Å². The van der Waals surface area contributed by atoms with E-state index < -0.39 is 36.7 Å². The van der Waals surface area contributed by atoms with Gasteiger partial charge in [-0.15, -0.1) is 0 Å². The van der Waals surface area contributed by atoms with Gasteiger partial charge in [0.1, 0.15) is 12.8 Å². The molecular formula is C22H20N2O11. The Morgan fingerprint density at radius 1 is 0.657 bits per heavy atom. The first-order valence-corrected chi connectivity index (χ1v) is 9.78. The number of benzene rings is 2. The quantitative estimate of drug-likeness (QED) is 0.147. The van der Waals surface area contributed by atoms with E-state index in [9.17, 15) is 19.2 Å². The summed E-state index contributed by atoms with van der Waals surface area (Å²) in [6.45, 7) is 3.14. The molecule has 0 fully saturated rings. The van der Waals surface area contributed by atoms with Gasteiger partial charge in [-0.1, -0.05) is 10.3 Å². The molecule has 0 bridgehead atoms. The van der Waals surface area contributed by atoms with E-state index in [1.54, 1.807) is 38.1 Å². The third kappa shape index (κ3) is 9.71. The van der Waals surface area contributed by atoms with Crippen molar-refractivity contribution in [2.45, 2.75) is 26.7 Å². The van der Waals surface area contributed by atoms with Gasteiger partial charge < -0.3 is 19.9 Å². The molecule has 0 atom stereocenters. The Morgan fingerprint density at radius 3 is 1.31 bits per heavy atom. The molecule has 2 aromatic carbocycles. The standard InChI is InChI=1S/C22H20N2O11/c1-13(23-31-21(29)11-19(25)26)15-3-7-17(8-4-15)33-35-34-18-9-5-16(6-10-18)14(2)24-32-22(30)12-20(27)28/h3-10H,11-12H2,1-2H3,(H,25,26)(H,27,28)/b23-13+,24-14+. The van der Waals surface area contributed by atoms with Gasteiger partial charge in [-0.2, -0.15) is 0 Å². The fourth-order valence-electron chi connectivity index (χ4n) is 2.25. The van der Waals surface area contributed by atoms with Crippen LogP contribution >= 0.6 is 0 Å². The number of carbonyl (C=O) groups is 4. The number of rotatable bonds is 12. The SMILES string of the molecule is C/C(=N\OC(=O)CC(=O)O)c1ccc(OOOc2ccc(/C(C)=N/OC(=O)CC(=O)O)cc2)cc1. The molecule has 0 heterocycles. The fourth-order valence-corrected chi connectivity index (χ4v) is 2.25. The smallest absolute Gasteiger partial charge is 0.346 e. The van der Waals surface area contributed by atoms with Gasteiger partial charge in [-0.25, -0.2) is 9.59 Å². The Hall–Kier alpha value is -4.78. The molecular weight excluding hydrogens is 468 g/mol. The van der Waals surface area contributed by atoms with Gasteiger partial charge >= 0.3 is 23.9 Å². The van der Waals surface area contributed by atoms with Gasteiger partial charge in [0.2, 0.25) is 0 Å². The van der Waals surface area contributed by atoms with Crippen molar-refractivity contribution in [2.24, 2.45) is 10.3 Å². The second-order valence-electron chi connectivity index (χ2n) is 6.70. The Labute approximate surface area is 197 Å². The summed E-state index contributed by atoms with van der Waals surface area (Å²) in [5, 5.41) is 28.9. The summed E-state index contributed by atoms with van der Waals surface area (Å²) in [7, 11) is 0. The molecule has 2 N–H and O–H groups in total. The summed E-state index contributed by atoms with van der Waals surface area (Å²) in [5.74, 6) is -4.04. The van der Waals surface area contributed by atoms with E-state index in [4.69, 9.17) is 25.0 Å². The van der Waals surface area contributed by atoms with Crippen molar-refractivity contribution < 1.29 is 53.9 Å². The number of carboxylic acid groups (broad SMARTS) is 2. The van der Waals surface area contributed by atoms with E-state index >= 15 is 0 Å². The lowest BCUT2D eigenvalue weighted by molar-refractivity contribution is -0.411. The molecule has 0 aromatic heterocycles. The Balaban J connectivity index is 1.82. The normalized spacial score (nSPS) is 11.4. The van der Waals surface area contributed by atoms with Crippen molar-refractivity contribution in [1.29, 1.82) is 0 Å². The zero-order chi connectivity index (χ0) is 25.8. The second kappa shape index (κ2) is 13.1. The van der Waals surface area contributed by atoms with Gasteiger partial charge in [0, 0.05) is 5.04 Å². The van der Waals surface area contributed by atoms with Crippen LogP contribution < -0.4 is 9.78 Å². The van der Waals surface area contributed by atoms with E-state index in [1.165, 1.54) is 24.3 Å². The van der Waals surface area contributed by atoms with Gasteiger partial charge in [0.15, 0.2) is 11.5 Å². The summed E-state index contributed by atoms with van der Waals surface area (Å²) in [5.41, 5.74) is 1.84. The van der Waals surface area contributed by atoms with Crippen molar-refractivity contribution in [3.8, 4) is 11.5 Å². The van der Waals surface area contributed by atoms with Gasteiger partial charge in [-0.05, 0) is 73.5 Å². The monoisotopic (exact) mass is 488 g/mol. The maximum Gasteiger partial charge on any atom is 0.346 e. The number of aliphatic carboxylic acids is 2. The molecule has 184 valence electrons.